The Hall–Kier alpha value is -3.46. The van der Waals surface area contributed by atoms with E-state index in [0.29, 0.717) is 10.8 Å². The van der Waals surface area contributed by atoms with Crippen LogP contribution in [-0.2, 0) is 0 Å². The minimum absolute atomic E-state index is 0.291. The van der Waals surface area contributed by atoms with Crippen molar-refractivity contribution in [3.8, 4) is 17.2 Å². The van der Waals surface area contributed by atoms with Crippen molar-refractivity contribution < 1.29 is 15.3 Å². The lowest BCUT2D eigenvalue weighted by Crippen LogP contribution is -1.84. The van der Waals surface area contributed by atoms with Crippen LogP contribution in [0.4, 0.5) is 0 Å². The summed E-state index contributed by atoms with van der Waals surface area (Å²) in [6, 6.07) is 21.7. The summed E-state index contributed by atoms with van der Waals surface area (Å²) in [5.74, 6) is -1.10. The zero-order chi connectivity index (χ0) is 17.1. The molecule has 0 unspecified atom stereocenters. The lowest BCUT2D eigenvalue weighted by Gasteiger charge is -2.12. The van der Waals surface area contributed by atoms with Crippen LogP contribution in [0.2, 0.25) is 0 Å². The van der Waals surface area contributed by atoms with Crippen molar-refractivity contribution in [2.24, 2.45) is 0 Å². The minimum atomic E-state index is -0.487. The molecule has 0 atom stereocenters. The van der Waals surface area contributed by atoms with Gasteiger partial charge in [-0.25, -0.2) is 0 Å². The Morgan fingerprint density at radius 2 is 1.08 bits per heavy atom. The molecule has 0 bridgehead atoms. The zero-order valence-electron chi connectivity index (χ0n) is 13.2. The Bertz CT molecular complexity index is 1320. The highest BCUT2D eigenvalue weighted by Gasteiger charge is 2.15. The number of fused-ring (bicyclic) bond motifs is 7. The van der Waals surface area contributed by atoms with Gasteiger partial charge in [0.1, 0.15) is 0 Å². The summed E-state index contributed by atoms with van der Waals surface area (Å²) in [5, 5.41) is 37.7. The molecule has 0 spiro atoms. The van der Waals surface area contributed by atoms with Gasteiger partial charge in [0.25, 0.3) is 0 Å². The maximum absolute atomic E-state index is 10.4. The number of hydrogen-bond acceptors (Lipinski definition) is 3. The molecule has 0 aliphatic carbocycles. The third-order valence-corrected chi connectivity index (χ3v) is 4.95. The number of benzene rings is 5. The van der Waals surface area contributed by atoms with Crippen molar-refractivity contribution in [2.45, 2.75) is 0 Å². The fraction of sp³-hybridized carbons (Fsp3) is 0. The van der Waals surface area contributed by atoms with E-state index in [4.69, 9.17) is 0 Å². The van der Waals surface area contributed by atoms with Crippen LogP contribution in [0.3, 0.4) is 0 Å². The first-order valence-corrected chi connectivity index (χ1v) is 8.06. The van der Waals surface area contributed by atoms with Gasteiger partial charge in [0.2, 0.25) is 5.75 Å². The number of rotatable bonds is 0. The fourth-order valence-corrected chi connectivity index (χ4v) is 3.76. The molecule has 0 heterocycles. The van der Waals surface area contributed by atoms with Gasteiger partial charge in [-0.1, -0.05) is 60.7 Å². The second-order valence-corrected chi connectivity index (χ2v) is 6.30. The van der Waals surface area contributed by atoms with Crippen LogP contribution in [0.5, 0.6) is 17.2 Å². The Morgan fingerprint density at radius 3 is 1.92 bits per heavy atom. The molecule has 5 rings (SSSR count). The molecule has 3 nitrogen and oxygen atoms in total. The van der Waals surface area contributed by atoms with Crippen LogP contribution in [0, 0.1) is 0 Å². The van der Waals surface area contributed by atoms with Crippen molar-refractivity contribution in [1.29, 1.82) is 0 Å². The monoisotopic (exact) mass is 326 g/mol. The van der Waals surface area contributed by atoms with Crippen LogP contribution < -0.4 is 0 Å². The SMILES string of the molecule is Oc1cc2ccc3c4ccc5ccccc5c4ccc3c2c(O)c1O. The van der Waals surface area contributed by atoms with Gasteiger partial charge in [0.15, 0.2) is 11.5 Å². The Morgan fingerprint density at radius 1 is 0.480 bits per heavy atom. The van der Waals surface area contributed by atoms with E-state index < -0.39 is 5.75 Å². The highest BCUT2D eigenvalue weighted by atomic mass is 16.3. The van der Waals surface area contributed by atoms with Gasteiger partial charge < -0.3 is 15.3 Å². The Balaban J connectivity index is 2.02. The molecule has 25 heavy (non-hydrogen) atoms. The highest BCUT2D eigenvalue weighted by molar-refractivity contribution is 6.23. The fourth-order valence-electron chi connectivity index (χ4n) is 3.76. The molecule has 0 aromatic heterocycles. The third-order valence-electron chi connectivity index (χ3n) is 4.95. The lowest BCUT2D eigenvalue weighted by atomic mass is 9.94. The van der Waals surface area contributed by atoms with E-state index in [1.807, 2.05) is 36.4 Å². The molecule has 0 saturated carbocycles. The molecule has 0 amide bonds. The summed E-state index contributed by atoms with van der Waals surface area (Å²) < 4.78 is 0. The van der Waals surface area contributed by atoms with E-state index in [-0.39, 0.29) is 11.5 Å². The van der Waals surface area contributed by atoms with E-state index in [0.717, 1.165) is 21.5 Å². The van der Waals surface area contributed by atoms with Crippen molar-refractivity contribution in [3.05, 3.63) is 66.7 Å². The highest BCUT2D eigenvalue weighted by Crippen LogP contribution is 2.45. The van der Waals surface area contributed by atoms with Crippen molar-refractivity contribution in [1.82, 2.24) is 0 Å². The zero-order valence-corrected chi connectivity index (χ0v) is 13.2. The van der Waals surface area contributed by atoms with E-state index in [1.165, 1.54) is 16.8 Å². The Labute approximate surface area is 143 Å². The molecule has 0 aliphatic heterocycles. The molecule has 5 aromatic carbocycles. The summed E-state index contributed by atoms with van der Waals surface area (Å²) in [5.41, 5.74) is 0. The van der Waals surface area contributed by atoms with E-state index >= 15 is 0 Å². The smallest absolute Gasteiger partial charge is 0.200 e. The van der Waals surface area contributed by atoms with Crippen LogP contribution in [-0.4, -0.2) is 15.3 Å². The number of aromatic hydroxyl groups is 3. The number of hydrogen-bond donors (Lipinski definition) is 3. The van der Waals surface area contributed by atoms with E-state index in [2.05, 4.69) is 24.3 Å². The second-order valence-electron chi connectivity index (χ2n) is 6.30. The van der Waals surface area contributed by atoms with E-state index in [1.54, 1.807) is 0 Å². The first-order valence-electron chi connectivity index (χ1n) is 8.06. The van der Waals surface area contributed by atoms with Crippen molar-refractivity contribution >= 4 is 43.1 Å². The van der Waals surface area contributed by atoms with Crippen LogP contribution in [0.15, 0.2) is 66.7 Å². The number of phenols is 3. The Kier molecular flexibility index (Phi) is 2.66. The third kappa shape index (κ3) is 1.81. The topological polar surface area (TPSA) is 60.7 Å². The summed E-state index contributed by atoms with van der Waals surface area (Å²) >= 11 is 0. The minimum Gasteiger partial charge on any atom is -0.504 e. The number of phenolic OH excluding ortho intramolecular Hbond substituents is 3. The van der Waals surface area contributed by atoms with Crippen molar-refractivity contribution in [3.63, 3.8) is 0 Å². The quantitative estimate of drug-likeness (QED) is 0.263. The van der Waals surface area contributed by atoms with Crippen LogP contribution in [0.25, 0.3) is 43.1 Å². The normalized spacial score (nSPS) is 11.7. The average Bonchev–Trinajstić information content (AvgIpc) is 2.65. The first-order chi connectivity index (χ1) is 12.1. The maximum atomic E-state index is 10.4. The van der Waals surface area contributed by atoms with E-state index in [9.17, 15) is 15.3 Å². The summed E-state index contributed by atoms with van der Waals surface area (Å²) in [6.45, 7) is 0. The van der Waals surface area contributed by atoms with Gasteiger partial charge in [-0.3, -0.25) is 0 Å². The standard InChI is InChI=1S/C22H14O3/c23-19-11-13-6-8-17-16-7-5-12-3-1-2-4-14(12)15(16)9-10-18(17)20(13)22(25)21(19)24/h1-11,23-25H. The molecule has 0 aliphatic rings. The van der Waals surface area contributed by atoms with Gasteiger partial charge in [0.05, 0.1) is 0 Å². The van der Waals surface area contributed by atoms with Gasteiger partial charge in [-0.2, -0.15) is 0 Å². The molecule has 3 N–H and O–H groups in total. The lowest BCUT2D eigenvalue weighted by molar-refractivity contribution is 0.371. The summed E-state index contributed by atoms with van der Waals surface area (Å²) in [4.78, 5) is 0. The molecule has 0 radical (unpaired) electrons. The van der Waals surface area contributed by atoms with Crippen molar-refractivity contribution in [2.75, 3.05) is 0 Å². The largest absolute Gasteiger partial charge is 0.504 e. The molecule has 120 valence electrons. The first kappa shape index (κ1) is 13.9. The van der Waals surface area contributed by atoms with Crippen LogP contribution >= 0.6 is 0 Å². The molecule has 3 heteroatoms. The summed E-state index contributed by atoms with van der Waals surface area (Å²) in [6.07, 6.45) is 0. The predicted molar refractivity (Wildman–Crippen MR) is 101 cm³/mol. The molecular formula is C22H14O3. The predicted octanol–water partition coefficient (Wildman–Crippen LogP) is 5.42. The molecular weight excluding hydrogens is 312 g/mol. The second kappa shape index (κ2) is 4.77. The molecule has 0 saturated heterocycles. The molecule has 0 fully saturated rings. The van der Waals surface area contributed by atoms with Crippen LogP contribution in [0.1, 0.15) is 0 Å². The van der Waals surface area contributed by atoms with Gasteiger partial charge in [-0.05, 0) is 43.8 Å². The average molecular weight is 326 g/mol. The van der Waals surface area contributed by atoms with Gasteiger partial charge in [-0.15, -0.1) is 0 Å². The maximum Gasteiger partial charge on any atom is 0.200 e. The van der Waals surface area contributed by atoms with Gasteiger partial charge in [0, 0.05) is 5.39 Å². The summed E-state index contributed by atoms with van der Waals surface area (Å²) in [7, 11) is 0. The van der Waals surface area contributed by atoms with Gasteiger partial charge >= 0.3 is 0 Å². The molecule has 5 aromatic rings.